The van der Waals surface area contributed by atoms with Crippen molar-refractivity contribution in [1.29, 1.82) is 0 Å². The van der Waals surface area contributed by atoms with Crippen LogP contribution < -0.4 is 41.8 Å². The van der Waals surface area contributed by atoms with E-state index in [1.807, 2.05) is 0 Å². The van der Waals surface area contributed by atoms with E-state index in [1.54, 1.807) is 212 Å². The fourth-order valence-electron chi connectivity index (χ4n) is 14.3. The summed E-state index contributed by atoms with van der Waals surface area (Å²) in [6.07, 6.45) is 6.55. The number of aromatic carboxylic acids is 1. The molecule has 654 valence electrons. The minimum Gasteiger partial charge on any atom is -0.477 e. The van der Waals surface area contributed by atoms with E-state index in [9.17, 15) is 72.0 Å². The first-order valence-electron chi connectivity index (χ1n) is 39.6. The Morgan fingerprint density at radius 3 is 1.00 bits per heavy atom. The van der Waals surface area contributed by atoms with Crippen molar-refractivity contribution in [2.45, 2.75) is 114 Å². The van der Waals surface area contributed by atoms with E-state index in [-0.39, 0.29) is 80.4 Å². The number of esters is 2. The number of nitrogens with one attached hydrogen (secondary N) is 5. The molecule has 1 amide bonds. The number of carbonyl (C=O) groups excluding carboxylic acids is 3. The molecular formula is C94H97BrF3N9O18. The van der Waals surface area contributed by atoms with E-state index in [4.69, 9.17) is 28.4 Å². The van der Waals surface area contributed by atoms with Crippen LogP contribution in [0, 0.1) is 59.0 Å². The first-order chi connectivity index (χ1) is 58.7. The first-order valence-corrected chi connectivity index (χ1v) is 40.4. The van der Waals surface area contributed by atoms with Gasteiger partial charge in [-0.25, -0.2) is 27.6 Å². The number of amides is 1. The van der Waals surface area contributed by atoms with Gasteiger partial charge in [0.1, 0.15) is 74.7 Å². The molecule has 0 saturated heterocycles. The van der Waals surface area contributed by atoms with Crippen LogP contribution >= 0.6 is 15.9 Å². The second-order valence-electron chi connectivity index (χ2n) is 31.9. The highest BCUT2D eigenvalue weighted by molar-refractivity contribution is 9.10. The molecule has 0 aliphatic carbocycles. The van der Waals surface area contributed by atoms with Crippen molar-refractivity contribution in [2.75, 3.05) is 33.5 Å². The number of aromatic nitrogens is 8. The lowest BCUT2D eigenvalue weighted by molar-refractivity contribution is 0.0511. The molecule has 14 aromatic rings. The fraction of sp³-hybridized carbons (Fsp3) is 0.277. The third kappa shape index (κ3) is 20.2. The van der Waals surface area contributed by atoms with Gasteiger partial charge in [-0.05, 0) is 260 Å². The molecule has 125 heavy (non-hydrogen) atoms. The highest BCUT2D eigenvalue weighted by Crippen LogP contribution is 2.45. The zero-order valence-electron chi connectivity index (χ0n) is 72.4. The number of aliphatic hydroxyl groups is 3. The van der Waals surface area contributed by atoms with E-state index >= 15 is 0 Å². The number of aromatic amines is 4. The van der Waals surface area contributed by atoms with Gasteiger partial charge in [-0.2, -0.15) is 0 Å². The second kappa shape index (κ2) is 37.0. The molecule has 0 saturated carbocycles. The van der Waals surface area contributed by atoms with E-state index in [0.29, 0.717) is 176 Å². The Bertz CT molecular complexity index is 6790. The monoisotopic (exact) mass is 1780 g/mol. The van der Waals surface area contributed by atoms with Crippen LogP contribution in [0.15, 0.2) is 164 Å². The van der Waals surface area contributed by atoms with E-state index in [1.165, 1.54) is 78.9 Å². The third-order valence-corrected chi connectivity index (χ3v) is 21.3. The number of hydrogen-bond acceptors (Lipinski definition) is 17. The normalized spacial score (nSPS) is 11.6. The molecule has 0 spiro atoms. The van der Waals surface area contributed by atoms with Crippen LogP contribution in [0.5, 0.6) is 34.5 Å². The SMILES string of the molecule is CCOC(=O)c1cc2c(=O)n(C)cc(-c3cc(C(C)(C)O)ccc3Oc3c(C)cc(F)cc3C)c2[nH]1.CCOC(=O)c1cc2c(=O)n(C)cc(Br)c2[nH]1.COCCNC(=O)c1cc2c(=O)n(C)cc(-c3cc(C(C)(C)O)ccc3Oc3c(C)cc(F)cc3C)c2[nH]1.Cc1cc(F)cc(C)c1Oc1ccc(C(C)(C)O)cc1-c1cn(C)c(=O)c2cc(C(=O)O)[nH]c12. The smallest absolute Gasteiger partial charge is 0.354 e. The number of fused-ring (bicyclic) bond motifs is 4. The van der Waals surface area contributed by atoms with Gasteiger partial charge in [0.25, 0.3) is 28.1 Å². The third-order valence-electron chi connectivity index (χ3n) is 20.7. The summed E-state index contributed by atoms with van der Waals surface area (Å²) in [5.74, 6) is -0.887. The first kappa shape index (κ1) is 92.4. The van der Waals surface area contributed by atoms with Crippen molar-refractivity contribution in [3.8, 4) is 67.9 Å². The quantitative estimate of drug-likeness (QED) is 0.0238. The molecule has 8 aromatic heterocycles. The van der Waals surface area contributed by atoms with Crippen LogP contribution in [-0.2, 0) is 59.2 Å². The zero-order valence-corrected chi connectivity index (χ0v) is 74.0. The van der Waals surface area contributed by atoms with Crippen molar-refractivity contribution in [1.82, 2.24) is 43.5 Å². The average molecular weight is 1780 g/mol. The maximum atomic E-state index is 13.9. The highest BCUT2D eigenvalue weighted by atomic mass is 79.9. The Balaban J connectivity index is 0.000000167. The molecule has 0 bridgehead atoms. The summed E-state index contributed by atoms with van der Waals surface area (Å²) in [5.41, 5.74) is 6.77. The van der Waals surface area contributed by atoms with Crippen molar-refractivity contribution >= 4 is 83.4 Å². The van der Waals surface area contributed by atoms with Crippen LogP contribution in [0.1, 0.15) is 147 Å². The molecule has 0 aliphatic heterocycles. The lowest BCUT2D eigenvalue weighted by Crippen LogP contribution is -2.27. The van der Waals surface area contributed by atoms with Crippen molar-refractivity contribution in [3.05, 3.63) is 276 Å². The number of carboxylic acid groups (broad SMARTS) is 1. The number of aryl methyl sites for hydroxylation is 10. The Labute approximate surface area is 723 Å². The van der Waals surface area contributed by atoms with Gasteiger partial charge in [0, 0.05) is 100 Å². The number of halogens is 4. The van der Waals surface area contributed by atoms with Crippen LogP contribution in [-0.4, -0.2) is 116 Å². The lowest BCUT2D eigenvalue weighted by Gasteiger charge is -2.22. The van der Waals surface area contributed by atoms with Crippen molar-refractivity contribution < 1.29 is 81.2 Å². The molecular weight excluding hydrogens is 1680 g/mol. The van der Waals surface area contributed by atoms with Gasteiger partial charge in [-0.15, -0.1) is 0 Å². The van der Waals surface area contributed by atoms with E-state index in [0.717, 1.165) is 4.47 Å². The average Bonchev–Trinajstić information content (AvgIpc) is 1.68. The second-order valence-corrected chi connectivity index (χ2v) is 32.7. The molecule has 0 atom stereocenters. The molecule has 27 nitrogen and oxygen atoms in total. The number of methoxy groups -OCH3 is 1. The summed E-state index contributed by atoms with van der Waals surface area (Å²) in [7, 11) is 8.03. The van der Waals surface area contributed by atoms with Crippen molar-refractivity contribution in [2.24, 2.45) is 28.2 Å². The Morgan fingerprint density at radius 1 is 0.416 bits per heavy atom. The summed E-state index contributed by atoms with van der Waals surface area (Å²) in [5, 5.41) is 45.6. The lowest BCUT2D eigenvalue weighted by atomic mass is 9.93. The molecule has 8 heterocycles. The summed E-state index contributed by atoms with van der Waals surface area (Å²) in [6.45, 7) is 25.1. The minimum absolute atomic E-state index is 0.120. The summed E-state index contributed by atoms with van der Waals surface area (Å²) in [4.78, 5) is 111. The summed E-state index contributed by atoms with van der Waals surface area (Å²) in [6, 6.07) is 29.9. The van der Waals surface area contributed by atoms with Crippen LogP contribution in [0.4, 0.5) is 13.2 Å². The summed E-state index contributed by atoms with van der Waals surface area (Å²) < 4.78 is 82.0. The van der Waals surface area contributed by atoms with Crippen LogP contribution in [0.3, 0.4) is 0 Å². The maximum Gasteiger partial charge on any atom is 0.354 e. The van der Waals surface area contributed by atoms with Gasteiger partial charge in [-0.1, -0.05) is 18.2 Å². The number of carbonyl (C=O) groups is 4. The minimum atomic E-state index is -1.19. The fourth-order valence-corrected chi connectivity index (χ4v) is 14.9. The number of hydrogen-bond donors (Lipinski definition) is 9. The highest BCUT2D eigenvalue weighted by Gasteiger charge is 2.29. The molecule has 6 aromatic carbocycles. The van der Waals surface area contributed by atoms with Gasteiger partial charge in [0.2, 0.25) is 0 Å². The Kier molecular flexibility index (Phi) is 27.3. The van der Waals surface area contributed by atoms with Crippen LogP contribution in [0.2, 0.25) is 0 Å². The number of carboxylic acids is 1. The number of pyridine rings is 4. The molecule has 0 aliphatic rings. The van der Waals surface area contributed by atoms with Gasteiger partial charge in [-0.3, -0.25) is 24.0 Å². The van der Waals surface area contributed by atoms with Gasteiger partial charge in [0.15, 0.2) is 0 Å². The van der Waals surface area contributed by atoms with Gasteiger partial charge in [0.05, 0.1) is 84.7 Å². The molecule has 9 N–H and O–H groups in total. The number of ether oxygens (including phenoxy) is 6. The topological polar surface area (TPSA) is 368 Å². The number of H-pyrrole nitrogens is 4. The number of benzene rings is 6. The van der Waals surface area contributed by atoms with Crippen LogP contribution in [0.25, 0.3) is 77.0 Å². The van der Waals surface area contributed by atoms with E-state index < -0.39 is 34.7 Å². The Morgan fingerprint density at radius 2 is 0.696 bits per heavy atom. The molecule has 0 unspecified atom stereocenters. The number of nitrogens with zero attached hydrogens (tertiary/aromatic N) is 4. The zero-order chi connectivity index (χ0) is 91.7. The molecule has 31 heteroatoms. The van der Waals surface area contributed by atoms with Gasteiger partial charge < -0.3 is 92.4 Å². The number of rotatable bonds is 21. The Hall–Kier alpha value is -13.3. The van der Waals surface area contributed by atoms with Crippen molar-refractivity contribution in [3.63, 3.8) is 0 Å². The largest absolute Gasteiger partial charge is 0.477 e. The van der Waals surface area contributed by atoms with E-state index in [2.05, 4.69) is 41.2 Å². The maximum absolute atomic E-state index is 13.9. The summed E-state index contributed by atoms with van der Waals surface area (Å²) >= 11 is 3.34. The molecule has 0 fully saturated rings. The van der Waals surface area contributed by atoms with Gasteiger partial charge >= 0.3 is 17.9 Å². The predicted octanol–water partition coefficient (Wildman–Crippen LogP) is 17.0. The molecule has 0 radical (unpaired) electrons. The standard InChI is InChI=1S/C29H32FN3O5.C28H29FN2O5.C26H25FN2O5.C11H11BrN2O3/c1-16-11-19(30)12-17(2)26(16)38-24-8-7-18(29(3,4)36)13-20(24)22-15-33(5)28(35)21-14-23(32-25(21)22)27(34)31-9-10-37-6;1-7-35-27(33)22-13-20-24(30-22)21(14-31(6)26(20)32)19-12-17(28(4,5)34)8-9-23(19)36-25-15(2)10-18(29)11-16(25)3;1-13-8-16(27)9-14(2)23(13)34-21-7-6-15(26(3,4)33)10-17(21)19-12-29(5)24(30)18-11-20(25(31)32)28-22(18)19;1-3-17-11(16)8-4-6-9(13-8)7(12)5-14(2)10(6)15/h7-8,11-15,32,36H,9-10H2,1-6H3,(H,31,34);8-14,30,34H,7H2,1-6H3;6-12,28,33H,1-5H3,(H,31,32);4-5,13H,3H2,1-2H3. The predicted molar refractivity (Wildman–Crippen MR) is 475 cm³/mol. The molecule has 14 rings (SSSR count).